The first kappa shape index (κ1) is 20.5. The number of para-hydroxylation sites is 1. The predicted octanol–water partition coefficient (Wildman–Crippen LogP) is 2.68. The highest BCUT2D eigenvalue weighted by Gasteiger charge is 2.27. The summed E-state index contributed by atoms with van der Waals surface area (Å²) in [6.45, 7) is 1.24. The standard InChI is InChI=1S/C19H21ClN2O3.ClH/c20-16-7-3-4-8-18(16)25-12-14-6-2-1-5-13(14)10-22-19(24)17-9-15(23)11-21-17;/h1-8,15,17,21,23H,9-12H2,(H,22,24);1H. The molecule has 2 aromatic carbocycles. The minimum Gasteiger partial charge on any atom is -0.487 e. The van der Waals surface area contributed by atoms with E-state index in [2.05, 4.69) is 10.6 Å². The van der Waals surface area contributed by atoms with Gasteiger partial charge in [-0.15, -0.1) is 12.4 Å². The topological polar surface area (TPSA) is 70.6 Å². The zero-order valence-electron chi connectivity index (χ0n) is 14.2. The van der Waals surface area contributed by atoms with Crippen molar-refractivity contribution in [1.82, 2.24) is 10.6 Å². The summed E-state index contributed by atoms with van der Waals surface area (Å²) >= 11 is 6.11. The van der Waals surface area contributed by atoms with Gasteiger partial charge in [-0.25, -0.2) is 0 Å². The molecule has 0 bridgehead atoms. The molecule has 140 valence electrons. The molecule has 1 saturated heterocycles. The number of nitrogens with one attached hydrogen (secondary N) is 2. The number of aliphatic hydroxyl groups excluding tert-OH is 1. The van der Waals surface area contributed by atoms with Crippen molar-refractivity contribution in [3.8, 4) is 5.75 Å². The predicted molar refractivity (Wildman–Crippen MR) is 104 cm³/mol. The highest BCUT2D eigenvalue weighted by Crippen LogP contribution is 2.24. The van der Waals surface area contributed by atoms with Crippen LogP contribution in [-0.2, 0) is 17.9 Å². The Kier molecular flexibility index (Phi) is 7.72. The number of β-amino-alcohol motifs (C(OH)–C–C–N with tert-alkyl or cyclic N) is 1. The number of aliphatic hydroxyl groups is 1. The Bertz CT molecular complexity index is 742. The van der Waals surface area contributed by atoms with Gasteiger partial charge >= 0.3 is 0 Å². The largest absolute Gasteiger partial charge is 0.487 e. The van der Waals surface area contributed by atoms with Crippen molar-refractivity contribution in [1.29, 1.82) is 0 Å². The quantitative estimate of drug-likeness (QED) is 0.701. The minimum absolute atomic E-state index is 0. The smallest absolute Gasteiger partial charge is 0.237 e. The second-order valence-electron chi connectivity index (χ2n) is 6.06. The van der Waals surface area contributed by atoms with Crippen LogP contribution in [0.1, 0.15) is 17.5 Å². The SMILES string of the molecule is Cl.O=C(NCc1ccccc1COc1ccccc1Cl)C1CC(O)CN1. The number of amides is 1. The normalized spacial score (nSPS) is 18.8. The van der Waals surface area contributed by atoms with E-state index < -0.39 is 6.10 Å². The maximum Gasteiger partial charge on any atom is 0.237 e. The number of halogens is 2. The van der Waals surface area contributed by atoms with Gasteiger partial charge in [0, 0.05) is 13.1 Å². The lowest BCUT2D eigenvalue weighted by Crippen LogP contribution is -2.40. The zero-order chi connectivity index (χ0) is 17.6. The van der Waals surface area contributed by atoms with Gasteiger partial charge in [0.1, 0.15) is 12.4 Å². The summed E-state index contributed by atoms with van der Waals surface area (Å²) in [4.78, 5) is 12.2. The number of benzene rings is 2. The molecule has 1 aliphatic heterocycles. The molecular weight excluding hydrogens is 375 g/mol. The Morgan fingerprint density at radius 3 is 2.58 bits per heavy atom. The molecule has 2 unspecified atom stereocenters. The number of carbonyl (C=O) groups is 1. The Morgan fingerprint density at radius 1 is 1.19 bits per heavy atom. The van der Waals surface area contributed by atoms with Crippen LogP contribution in [-0.4, -0.2) is 29.7 Å². The molecule has 1 amide bonds. The first-order valence-corrected chi connectivity index (χ1v) is 8.64. The summed E-state index contributed by atoms with van der Waals surface area (Å²) < 4.78 is 5.79. The van der Waals surface area contributed by atoms with Gasteiger partial charge in [-0.05, 0) is 29.7 Å². The molecule has 1 fully saturated rings. The van der Waals surface area contributed by atoms with E-state index in [1.54, 1.807) is 6.07 Å². The van der Waals surface area contributed by atoms with Crippen LogP contribution in [0.4, 0.5) is 0 Å². The summed E-state index contributed by atoms with van der Waals surface area (Å²) in [5.41, 5.74) is 1.98. The van der Waals surface area contributed by atoms with Crippen molar-refractivity contribution in [2.24, 2.45) is 0 Å². The second-order valence-corrected chi connectivity index (χ2v) is 6.46. The highest BCUT2D eigenvalue weighted by molar-refractivity contribution is 6.32. The summed E-state index contributed by atoms with van der Waals surface area (Å²) in [7, 11) is 0. The van der Waals surface area contributed by atoms with Crippen LogP contribution < -0.4 is 15.4 Å². The minimum atomic E-state index is -0.452. The van der Waals surface area contributed by atoms with Gasteiger partial charge in [0.15, 0.2) is 0 Å². The van der Waals surface area contributed by atoms with Gasteiger partial charge in [0.2, 0.25) is 5.91 Å². The molecule has 2 atom stereocenters. The second kappa shape index (κ2) is 9.78. The van der Waals surface area contributed by atoms with Gasteiger partial charge in [-0.3, -0.25) is 4.79 Å². The van der Waals surface area contributed by atoms with E-state index in [4.69, 9.17) is 16.3 Å². The molecule has 0 aliphatic carbocycles. The van der Waals surface area contributed by atoms with Crippen molar-refractivity contribution in [3.05, 3.63) is 64.7 Å². The molecule has 3 N–H and O–H groups in total. The van der Waals surface area contributed by atoms with Crippen molar-refractivity contribution < 1.29 is 14.6 Å². The van der Waals surface area contributed by atoms with Crippen LogP contribution in [0.15, 0.2) is 48.5 Å². The van der Waals surface area contributed by atoms with E-state index >= 15 is 0 Å². The molecule has 0 spiro atoms. The molecule has 3 rings (SSSR count). The van der Waals surface area contributed by atoms with E-state index in [0.717, 1.165) is 11.1 Å². The van der Waals surface area contributed by atoms with Crippen LogP contribution in [0.2, 0.25) is 5.02 Å². The Labute approximate surface area is 164 Å². The third-order valence-corrected chi connectivity index (χ3v) is 4.53. The third kappa shape index (κ3) is 5.35. The number of hydrogen-bond donors (Lipinski definition) is 3. The Hall–Kier alpha value is -1.79. The maximum absolute atomic E-state index is 12.2. The van der Waals surface area contributed by atoms with Crippen LogP contribution >= 0.6 is 24.0 Å². The fourth-order valence-electron chi connectivity index (χ4n) is 2.81. The first-order chi connectivity index (χ1) is 12.1. The lowest BCUT2D eigenvalue weighted by Gasteiger charge is -2.14. The molecule has 5 nitrogen and oxygen atoms in total. The zero-order valence-corrected chi connectivity index (χ0v) is 15.7. The van der Waals surface area contributed by atoms with E-state index in [1.165, 1.54) is 0 Å². The van der Waals surface area contributed by atoms with E-state index in [1.807, 2.05) is 42.5 Å². The monoisotopic (exact) mass is 396 g/mol. The van der Waals surface area contributed by atoms with Crippen LogP contribution in [0, 0.1) is 0 Å². The summed E-state index contributed by atoms with van der Waals surface area (Å²) in [6, 6.07) is 14.8. The molecular formula is C19H22Cl2N2O3. The average Bonchev–Trinajstić information content (AvgIpc) is 3.06. The van der Waals surface area contributed by atoms with E-state index in [9.17, 15) is 9.90 Å². The first-order valence-electron chi connectivity index (χ1n) is 8.27. The molecule has 0 saturated carbocycles. The van der Waals surface area contributed by atoms with Crippen molar-refractivity contribution >= 4 is 29.9 Å². The lowest BCUT2D eigenvalue weighted by atomic mass is 10.1. The van der Waals surface area contributed by atoms with Gasteiger partial charge in [-0.2, -0.15) is 0 Å². The Balaban J connectivity index is 0.00000243. The van der Waals surface area contributed by atoms with Crippen LogP contribution in [0.5, 0.6) is 5.75 Å². The highest BCUT2D eigenvalue weighted by atomic mass is 35.5. The van der Waals surface area contributed by atoms with Gasteiger partial charge in [0.25, 0.3) is 0 Å². The van der Waals surface area contributed by atoms with Crippen molar-refractivity contribution in [2.75, 3.05) is 6.54 Å². The number of ether oxygens (including phenoxy) is 1. The molecule has 0 radical (unpaired) electrons. The lowest BCUT2D eigenvalue weighted by molar-refractivity contribution is -0.123. The summed E-state index contributed by atoms with van der Waals surface area (Å²) in [5, 5.41) is 16.0. The van der Waals surface area contributed by atoms with Crippen molar-refractivity contribution in [3.63, 3.8) is 0 Å². The fourth-order valence-corrected chi connectivity index (χ4v) is 3.00. The van der Waals surface area contributed by atoms with Crippen LogP contribution in [0.25, 0.3) is 0 Å². The van der Waals surface area contributed by atoms with E-state index in [0.29, 0.717) is 36.9 Å². The molecule has 7 heteroatoms. The van der Waals surface area contributed by atoms with E-state index in [-0.39, 0.29) is 24.4 Å². The molecule has 1 aliphatic rings. The number of rotatable bonds is 6. The molecule has 2 aromatic rings. The molecule has 0 aromatic heterocycles. The van der Waals surface area contributed by atoms with Gasteiger partial charge in [0.05, 0.1) is 17.2 Å². The van der Waals surface area contributed by atoms with Crippen LogP contribution in [0.3, 0.4) is 0 Å². The van der Waals surface area contributed by atoms with Crippen molar-refractivity contribution in [2.45, 2.75) is 31.7 Å². The molecule has 26 heavy (non-hydrogen) atoms. The fraction of sp³-hybridized carbons (Fsp3) is 0.316. The summed E-state index contributed by atoms with van der Waals surface area (Å²) in [6.07, 6.45) is -0.00428. The van der Waals surface area contributed by atoms with Gasteiger partial charge < -0.3 is 20.5 Å². The van der Waals surface area contributed by atoms with Gasteiger partial charge in [-0.1, -0.05) is 48.0 Å². The maximum atomic E-state index is 12.2. The third-order valence-electron chi connectivity index (χ3n) is 4.22. The average molecular weight is 397 g/mol. The number of hydrogen-bond acceptors (Lipinski definition) is 4. The molecule has 1 heterocycles. The number of carbonyl (C=O) groups excluding carboxylic acids is 1. The Morgan fingerprint density at radius 2 is 1.88 bits per heavy atom. The summed E-state index contributed by atoms with van der Waals surface area (Å²) in [5.74, 6) is 0.533.